The van der Waals surface area contributed by atoms with E-state index >= 15 is 0 Å². The second-order valence-corrected chi connectivity index (χ2v) is 22.7. The van der Waals surface area contributed by atoms with E-state index in [0.29, 0.717) is 62.3 Å². The zero-order chi connectivity index (χ0) is 50.5. The molecule has 0 saturated carbocycles. The van der Waals surface area contributed by atoms with E-state index < -0.39 is 52.6 Å². The molecule has 0 bridgehead atoms. The van der Waals surface area contributed by atoms with Crippen LogP contribution in [0, 0.1) is 11.8 Å². The number of piperazine rings is 1. The number of ketones is 1. The molecule has 0 aromatic heterocycles. The summed E-state index contributed by atoms with van der Waals surface area (Å²) in [5, 5.41) is 28.4. The van der Waals surface area contributed by atoms with E-state index in [2.05, 4.69) is 14.7 Å². The zero-order valence-electron chi connectivity index (χ0n) is 38.3. The van der Waals surface area contributed by atoms with Crippen molar-refractivity contribution in [3.05, 3.63) is 143 Å². The van der Waals surface area contributed by atoms with Crippen LogP contribution >= 0.6 is 23.4 Å². The minimum atomic E-state index is -6.00. The van der Waals surface area contributed by atoms with Gasteiger partial charge in [0.05, 0.1) is 22.5 Å². The Balaban J connectivity index is 0.00000261. The molecule has 3 N–H and O–H groups in total. The number of hydrogen-bond acceptors (Lipinski definition) is 12. The van der Waals surface area contributed by atoms with Gasteiger partial charge in [0.1, 0.15) is 5.75 Å². The van der Waals surface area contributed by atoms with Crippen LogP contribution in [0.15, 0.2) is 136 Å². The molecule has 0 aliphatic carbocycles. The van der Waals surface area contributed by atoms with Crippen molar-refractivity contribution in [3.63, 3.8) is 0 Å². The van der Waals surface area contributed by atoms with Crippen molar-refractivity contribution in [3.8, 4) is 11.1 Å². The predicted molar refractivity (Wildman–Crippen MR) is 267 cm³/mol. The number of aliphatic hydroxyl groups is 2. The predicted octanol–water partition coefficient (Wildman–Crippen LogP) is 8.56. The molecule has 376 valence electrons. The maximum Gasteiger partial charge on any atom is 0.501 e. The standard InChI is InChI=1S/C50H55ClF3N3O7S3.CH2O2/c51-41-15-10-37(11-16-41)45-8-4-5-9-46(45)49(60)39-21-24-57(25-22-39)42-17-12-38(13-18-42)47(59)35-66(61,62)44-19-14-40(48(33-44)67(63,64)50(52,53)54)32-36(34-65-43-6-2-1-3-7-43)20-23-55-26-28-56(29-27-55)30-31-58;2-1-3/h1-19,33,36,39,49,58,60H,20-32,34-35H2;1H,(H,2,3)/t36-,49+;/m0./s1. The van der Waals surface area contributed by atoms with Crippen LogP contribution in [0.25, 0.3) is 11.1 Å². The maximum atomic E-state index is 14.3. The Labute approximate surface area is 416 Å². The van der Waals surface area contributed by atoms with Gasteiger partial charge in [-0.25, -0.2) is 16.8 Å². The molecule has 70 heavy (non-hydrogen) atoms. The van der Waals surface area contributed by atoms with Gasteiger partial charge in [0.25, 0.3) is 16.3 Å². The normalized spacial score (nSPS) is 16.2. The first-order valence-corrected chi connectivity index (χ1v) is 27.3. The number of carboxylic acid groups (broad SMARTS) is 1. The fraction of sp³-hybridized carbons (Fsp3) is 0.373. The van der Waals surface area contributed by atoms with Crippen molar-refractivity contribution in [1.29, 1.82) is 0 Å². The van der Waals surface area contributed by atoms with Gasteiger partial charge in [-0.15, -0.1) is 11.8 Å². The molecule has 0 radical (unpaired) electrons. The van der Waals surface area contributed by atoms with Crippen LogP contribution in [0.1, 0.15) is 46.9 Å². The summed E-state index contributed by atoms with van der Waals surface area (Å²) in [7, 11) is -10.6. The summed E-state index contributed by atoms with van der Waals surface area (Å²) in [6.45, 7) is 5.27. The van der Waals surface area contributed by atoms with Crippen molar-refractivity contribution >= 4 is 61.0 Å². The molecule has 0 unspecified atom stereocenters. The topological polar surface area (TPSA) is 173 Å². The number of hydrogen-bond donors (Lipinski definition) is 3. The van der Waals surface area contributed by atoms with Gasteiger partial charge in [0, 0.05) is 72.7 Å². The molecule has 0 spiro atoms. The van der Waals surface area contributed by atoms with E-state index in [1.54, 1.807) is 12.1 Å². The summed E-state index contributed by atoms with van der Waals surface area (Å²) in [5.74, 6) is -1.70. The van der Waals surface area contributed by atoms with Crippen molar-refractivity contribution in [2.75, 3.05) is 75.4 Å². The molecular weight excluding hydrogens is 987 g/mol. The van der Waals surface area contributed by atoms with Gasteiger partial charge < -0.3 is 25.1 Å². The number of thioether (sulfide) groups is 1. The molecule has 2 aliphatic heterocycles. The number of carbonyl (C=O) groups excluding carboxylic acids is 1. The van der Waals surface area contributed by atoms with Gasteiger partial charge in [-0.05, 0) is 127 Å². The lowest BCUT2D eigenvalue weighted by Crippen LogP contribution is -2.47. The highest BCUT2D eigenvalue weighted by Gasteiger charge is 2.48. The number of carbonyl (C=O) groups is 2. The number of β-amino-alcohol motifs (C(OH)–C–C–N with tert-alkyl or cyclic N) is 1. The van der Waals surface area contributed by atoms with Crippen molar-refractivity contribution in [2.45, 2.75) is 52.0 Å². The molecule has 2 aliphatic rings. The number of piperidine rings is 1. The van der Waals surface area contributed by atoms with Crippen LogP contribution in [0.2, 0.25) is 5.02 Å². The number of sulfone groups is 2. The van der Waals surface area contributed by atoms with Crippen LogP contribution in [-0.4, -0.2) is 130 Å². The average molecular weight is 1040 g/mol. The Morgan fingerprint density at radius 3 is 2.01 bits per heavy atom. The highest BCUT2D eigenvalue weighted by Crippen LogP contribution is 2.39. The Morgan fingerprint density at radius 1 is 0.800 bits per heavy atom. The summed E-state index contributed by atoms with van der Waals surface area (Å²) in [5.41, 5.74) is -2.25. The first-order chi connectivity index (χ1) is 33.4. The van der Waals surface area contributed by atoms with Crippen molar-refractivity contribution in [1.82, 2.24) is 9.80 Å². The first-order valence-electron chi connectivity index (χ1n) is 22.8. The lowest BCUT2D eigenvalue weighted by molar-refractivity contribution is -0.122. The van der Waals surface area contributed by atoms with E-state index in [4.69, 9.17) is 21.5 Å². The fourth-order valence-electron chi connectivity index (χ4n) is 8.87. The Hall–Kier alpha value is -4.79. The van der Waals surface area contributed by atoms with Gasteiger partial charge >= 0.3 is 5.51 Å². The number of nitrogens with zero attached hydrogens (tertiary/aromatic N) is 3. The summed E-state index contributed by atoms with van der Waals surface area (Å²) < 4.78 is 96.6. The van der Waals surface area contributed by atoms with Gasteiger partial charge in [0.15, 0.2) is 15.6 Å². The molecule has 2 fully saturated rings. The minimum absolute atomic E-state index is 0.00751. The summed E-state index contributed by atoms with van der Waals surface area (Å²) >= 11 is 7.61. The third kappa shape index (κ3) is 14.4. The maximum absolute atomic E-state index is 14.3. The van der Waals surface area contributed by atoms with Crippen LogP contribution < -0.4 is 4.90 Å². The van der Waals surface area contributed by atoms with Crippen LogP contribution in [0.4, 0.5) is 18.9 Å². The van der Waals surface area contributed by atoms with E-state index in [-0.39, 0.29) is 42.5 Å². The molecule has 2 atom stereocenters. The number of Topliss-reactive ketones (excluding diaryl/α,β-unsaturated/α-hetero) is 1. The number of aliphatic hydroxyl groups excluding tert-OH is 2. The summed E-state index contributed by atoms with van der Waals surface area (Å²) in [6.07, 6.45) is 1.17. The molecule has 5 aromatic carbocycles. The minimum Gasteiger partial charge on any atom is -0.483 e. The number of rotatable bonds is 19. The Kier molecular flexibility index (Phi) is 19.5. The third-order valence-electron chi connectivity index (χ3n) is 12.8. The lowest BCUT2D eigenvalue weighted by atomic mass is 9.84. The first kappa shape index (κ1) is 54.5. The molecule has 12 nitrogen and oxygen atoms in total. The van der Waals surface area contributed by atoms with E-state index in [1.165, 1.54) is 23.9 Å². The number of alkyl halides is 3. The molecule has 7 rings (SSSR count). The van der Waals surface area contributed by atoms with Crippen molar-refractivity contribution in [2.24, 2.45) is 11.8 Å². The Morgan fingerprint density at radius 2 is 1.40 bits per heavy atom. The largest absolute Gasteiger partial charge is 0.501 e. The zero-order valence-corrected chi connectivity index (χ0v) is 41.5. The highest BCUT2D eigenvalue weighted by molar-refractivity contribution is 7.99. The molecule has 2 saturated heterocycles. The lowest BCUT2D eigenvalue weighted by Gasteiger charge is -2.36. The fourth-order valence-corrected chi connectivity index (χ4v) is 12.4. The monoisotopic (exact) mass is 1040 g/mol. The van der Waals surface area contributed by atoms with E-state index in [0.717, 1.165) is 65.6 Å². The number of benzene rings is 5. The van der Waals surface area contributed by atoms with Gasteiger partial charge in [-0.2, -0.15) is 13.2 Å². The van der Waals surface area contributed by atoms with Crippen LogP contribution in [-0.2, 0) is 30.9 Å². The quantitative estimate of drug-likeness (QED) is 0.0409. The molecular formula is C51H57ClF3N3O9S3. The van der Waals surface area contributed by atoms with Gasteiger partial charge in [-0.3, -0.25) is 14.5 Å². The van der Waals surface area contributed by atoms with E-state index in [9.17, 15) is 45.0 Å². The number of anilines is 1. The summed E-state index contributed by atoms with van der Waals surface area (Å²) in [6, 6.07) is 33.9. The SMILES string of the molecule is O=C(CS(=O)(=O)c1ccc(C[C@H](CCN2CCN(CCO)CC2)CSc2ccccc2)c(S(=O)(=O)C(F)(F)F)c1)c1ccc(N2CCC([C@@H](O)c3ccccc3-c3ccc(Cl)cc3)CC2)cc1.O=CO. The van der Waals surface area contributed by atoms with Gasteiger partial charge in [-0.1, -0.05) is 72.3 Å². The second kappa shape index (κ2) is 25.0. The number of halogens is 4. The third-order valence-corrected chi connectivity index (χ3v) is 17.4. The molecule has 2 heterocycles. The van der Waals surface area contributed by atoms with Gasteiger partial charge in [0.2, 0.25) is 0 Å². The Bertz CT molecular complexity index is 2720. The average Bonchev–Trinajstić information content (AvgIpc) is 3.35. The summed E-state index contributed by atoms with van der Waals surface area (Å²) in [4.78, 5) is 27.5. The van der Waals surface area contributed by atoms with Crippen LogP contribution in [0.3, 0.4) is 0 Å². The highest BCUT2D eigenvalue weighted by atomic mass is 35.5. The molecule has 5 aromatic rings. The smallest absolute Gasteiger partial charge is 0.483 e. The van der Waals surface area contributed by atoms with Crippen molar-refractivity contribution < 1.29 is 54.9 Å². The second-order valence-electron chi connectivity index (χ2n) is 17.3. The van der Waals surface area contributed by atoms with Crippen LogP contribution in [0.5, 0.6) is 0 Å². The molecule has 19 heteroatoms. The molecule has 0 amide bonds. The van der Waals surface area contributed by atoms with E-state index in [1.807, 2.05) is 78.9 Å².